The van der Waals surface area contributed by atoms with E-state index in [2.05, 4.69) is 0 Å². The van der Waals surface area contributed by atoms with Gasteiger partial charge in [0.1, 0.15) is 6.08 Å². The molecule has 0 amide bonds. The summed E-state index contributed by atoms with van der Waals surface area (Å²) in [7, 11) is 3.74. The predicted molar refractivity (Wildman–Crippen MR) is 84.0 cm³/mol. The molecular weight excluding hydrogens is 246 g/mol. The van der Waals surface area contributed by atoms with Gasteiger partial charge in [-0.05, 0) is 37.7 Å². The molecule has 2 nitrogen and oxygen atoms in total. The van der Waals surface area contributed by atoms with Crippen molar-refractivity contribution in [3.8, 4) is 0 Å². The minimum absolute atomic E-state index is 0.170. The van der Waals surface area contributed by atoms with Crippen LogP contribution >= 0.6 is 0 Å². The van der Waals surface area contributed by atoms with Gasteiger partial charge in [0.2, 0.25) is 0 Å². The molecule has 0 saturated carbocycles. The average Bonchev–Trinajstić information content (AvgIpc) is 2.58. The fraction of sp³-hybridized carbons (Fsp3) is 0.333. The largest absolute Gasteiger partial charge is 0.367 e. The van der Waals surface area contributed by atoms with Crippen molar-refractivity contribution in [2.24, 2.45) is 0 Å². The summed E-state index contributed by atoms with van der Waals surface area (Å²) in [6, 6.07) is 4.81. The van der Waals surface area contributed by atoms with Crippen LogP contribution in [0.25, 0.3) is 0 Å². The first-order chi connectivity index (χ1) is 12.1. The first kappa shape index (κ1) is 8.60. The Morgan fingerprint density at radius 1 is 1.20 bits per heavy atom. The van der Waals surface area contributed by atoms with Crippen molar-refractivity contribution in [3.63, 3.8) is 0 Å². The summed E-state index contributed by atoms with van der Waals surface area (Å²) in [5, 5.41) is 0. The average molecular weight is 275 g/mol. The molecule has 0 radical (unpaired) electrons. The molecule has 0 heterocycles. The van der Waals surface area contributed by atoms with Crippen LogP contribution in [0, 0.1) is 6.92 Å². The summed E-state index contributed by atoms with van der Waals surface area (Å²) in [4.78, 5) is 1.89. The summed E-state index contributed by atoms with van der Waals surface area (Å²) in [6.45, 7) is 2.52. The summed E-state index contributed by atoms with van der Waals surface area (Å²) in [5.41, 5.74) is 1.04. The first-order valence-electron chi connectivity index (χ1n) is 9.53. The second-order valence-corrected chi connectivity index (χ2v) is 4.80. The SMILES string of the molecule is [2H]c1c([2H])c([2H])c(C([2H])(OCCN(C)C)c2ccccc2C)c([2H])c1[2H]. The molecule has 0 saturated heterocycles. The molecule has 0 aliphatic carbocycles. The molecule has 0 aliphatic rings. The molecule has 0 bridgehead atoms. The Hall–Kier alpha value is -1.64. The van der Waals surface area contributed by atoms with Gasteiger partial charge < -0.3 is 9.64 Å². The second kappa shape index (κ2) is 7.22. The molecule has 2 aromatic rings. The van der Waals surface area contributed by atoms with Gasteiger partial charge in [-0.3, -0.25) is 0 Å². The molecule has 0 N–H and O–H groups in total. The van der Waals surface area contributed by atoms with Gasteiger partial charge in [-0.15, -0.1) is 0 Å². The Morgan fingerprint density at radius 2 is 1.90 bits per heavy atom. The number of likely N-dealkylation sites (N-methyl/N-ethyl adjacent to an activating group) is 1. The third kappa shape index (κ3) is 3.92. The molecule has 0 spiro atoms. The highest BCUT2D eigenvalue weighted by atomic mass is 16.5. The molecule has 2 rings (SSSR count). The maximum atomic E-state index is 9.02. The normalized spacial score (nSPS) is 18.4. The number of benzene rings is 2. The summed E-state index contributed by atoms with van der Waals surface area (Å²) >= 11 is 0. The third-order valence-corrected chi connectivity index (χ3v) is 2.90. The van der Waals surface area contributed by atoms with Crippen molar-refractivity contribution in [3.05, 3.63) is 71.2 Å². The van der Waals surface area contributed by atoms with Crippen molar-refractivity contribution < 1.29 is 13.0 Å². The van der Waals surface area contributed by atoms with Gasteiger partial charge in [0, 0.05) is 6.54 Å². The van der Waals surface area contributed by atoms with Crippen LogP contribution in [-0.2, 0) is 4.74 Å². The topological polar surface area (TPSA) is 12.5 Å². The van der Waals surface area contributed by atoms with Crippen molar-refractivity contribution in [1.29, 1.82) is 0 Å². The maximum absolute atomic E-state index is 9.02. The highest BCUT2D eigenvalue weighted by Gasteiger charge is 2.16. The Kier molecular flexibility index (Phi) is 3.11. The molecule has 0 aliphatic heterocycles. The lowest BCUT2D eigenvalue weighted by Crippen LogP contribution is -2.20. The van der Waals surface area contributed by atoms with Gasteiger partial charge in [0.25, 0.3) is 0 Å². The lowest BCUT2D eigenvalue weighted by molar-refractivity contribution is 0.0683. The Labute approximate surface area is 130 Å². The standard InChI is InChI=1S/C18H23NO/c1-15-9-7-8-12-17(15)18(20-14-13-19(2)3)16-10-5-4-6-11-16/h4-12,18H,13-14H2,1-3H3/i4D,5D,6D,10D,11D,18D. The summed E-state index contributed by atoms with van der Waals surface area (Å²) in [6.07, 6.45) is -1.91. The zero-order valence-corrected chi connectivity index (χ0v) is 12.1. The molecule has 2 heteroatoms. The third-order valence-electron chi connectivity index (χ3n) is 2.90. The minimum Gasteiger partial charge on any atom is -0.367 e. The maximum Gasteiger partial charge on any atom is 0.108 e. The van der Waals surface area contributed by atoms with E-state index in [4.69, 9.17) is 13.0 Å². The minimum atomic E-state index is -1.91. The molecule has 0 aromatic heterocycles. The van der Waals surface area contributed by atoms with E-state index in [0.29, 0.717) is 12.1 Å². The number of nitrogens with zero attached hydrogens (tertiary/aromatic N) is 1. The van der Waals surface area contributed by atoms with Crippen LogP contribution in [0.3, 0.4) is 0 Å². The van der Waals surface area contributed by atoms with Crippen LogP contribution in [0.15, 0.2) is 54.5 Å². The van der Waals surface area contributed by atoms with E-state index >= 15 is 0 Å². The zero-order valence-electron chi connectivity index (χ0n) is 18.1. The lowest BCUT2D eigenvalue weighted by Gasteiger charge is -2.22. The smallest absolute Gasteiger partial charge is 0.108 e. The van der Waals surface area contributed by atoms with Gasteiger partial charge in [0.05, 0.1) is 14.8 Å². The van der Waals surface area contributed by atoms with Crippen molar-refractivity contribution >= 4 is 0 Å². The molecule has 106 valence electrons. The highest BCUT2D eigenvalue weighted by molar-refractivity contribution is 5.35. The number of aryl methyl sites for hydroxylation is 1. The van der Waals surface area contributed by atoms with E-state index in [1.165, 1.54) is 0 Å². The fourth-order valence-corrected chi connectivity index (χ4v) is 1.81. The van der Waals surface area contributed by atoms with E-state index < -0.39 is 36.3 Å². The van der Waals surface area contributed by atoms with E-state index in [-0.39, 0.29) is 12.2 Å². The number of ether oxygens (including phenoxy) is 1. The monoisotopic (exact) mass is 275 g/mol. The Morgan fingerprint density at radius 3 is 2.55 bits per heavy atom. The molecule has 0 fully saturated rings. The van der Waals surface area contributed by atoms with Crippen molar-refractivity contribution in [2.45, 2.75) is 13.0 Å². The summed E-state index contributed by atoms with van der Waals surface area (Å²) < 4.78 is 55.0. The molecule has 2 aromatic carbocycles. The number of rotatable bonds is 6. The lowest BCUT2D eigenvalue weighted by atomic mass is 9.97. The van der Waals surface area contributed by atoms with E-state index in [1.54, 1.807) is 12.1 Å². The van der Waals surface area contributed by atoms with Crippen LogP contribution in [0.4, 0.5) is 0 Å². The molecule has 20 heavy (non-hydrogen) atoms. The Bertz CT molecular complexity index is 782. The van der Waals surface area contributed by atoms with Gasteiger partial charge in [-0.25, -0.2) is 0 Å². The summed E-state index contributed by atoms with van der Waals surface area (Å²) in [5.74, 6) is 0. The molecule has 1 atom stereocenters. The Balaban J connectivity index is 2.72. The number of hydrogen-bond acceptors (Lipinski definition) is 2. The van der Waals surface area contributed by atoms with Gasteiger partial charge in [-0.2, -0.15) is 0 Å². The van der Waals surface area contributed by atoms with Crippen molar-refractivity contribution in [2.75, 3.05) is 27.2 Å². The van der Waals surface area contributed by atoms with Crippen LogP contribution in [0.2, 0.25) is 0 Å². The van der Waals surface area contributed by atoms with Crippen LogP contribution < -0.4 is 0 Å². The molecule has 1 unspecified atom stereocenters. The van der Waals surface area contributed by atoms with Gasteiger partial charge in [-0.1, -0.05) is 54.5 Å². The highest BCUT2D eigenvalue weighted by Crippen LogP contribution is 2.28. The van der Waals surface area contributed by atoms with Crippen LogP contribution in [0.5, 0.6) is 0 Å². The fourth-order valence-electron chi connectivity index (χ4n) is 1.81. The number of hydrogen-bond donors (Lipinski definition) is 0. The van der Waals surface area contributed by atoms with E-state index in [1.807, 2.05) is 38.1 Å². The van der Waals surface area contributed by atoms with Gasteiger partial charge in [0.15, 0.2) is 0 Å². The van der Waals surface area contributed by atoms with Crippen molar-refractivity contribution in [1.82, 2.24) is 4.90 Å². The second-order valence-electron chi connectivity index (χ2n) is 4.80. The molecular formula is C18H23NO. The quantitative estimate of drug-likeness (QED) is 0.797. The zero-order chi connectivity index (χ0) is 19.6. The van der Waals surface area contributed by atoms with Crippen LogP contribution in [0.1, 0.15) is 31.0 Å². The van der Waals surface area contributed by atoms with E-state index in [0.717, 1.165) is 5.56 Å². The predicted octanol–water partition coefficient (Wildman–Crippen LogP) is 3.66. The van der Waals surface area contributed by atoms with E-state index in [9.17, 15) is 0 Å². The van der Waals surface area contributed by atoms with Crippen LogP contribution in [-0.4, -0.2) is 32.1 Å². The first-order valence-corrected chi connectivity index (χ1v) is 6.53. The van der Waals surface area contributed by atoms with Gasteiger partial charge >= 0.3 is 0 Å².